The second kappa shape index (κ2) is 11.7. The maximum absolute atomic E-state index is 12.1. The van der Waals surface area contributed by atoms with Gasteiger partial charge in [0.2, 0.25) is 5.91 Å². The lowest BCUT2D eigenvalue weighted by Crippen LogP contribution is -2.43. The first-order valence-electron chi connectivity index (χ1n) is 8.67. The molecule has 0 fully saturated rings. The highest BCUT2D eigenvalue weighted by Crippen LogP contribution is 2.07. The monoisotopic (exact) mass is 319 g/mol. The van der Waals surface area contributed by atoms with Crippen molar-refractivity contribution in [2.45, 2.75) is 64.8 Å². The Kier molecular flexibility index (Phi) is 9.76. The van der Waals surface area contributed by atoms with Gasteiger partial charge in [-0.15, -0.1) is 0 Å². The number of hydrogen-bond donors (Lipinski definition) is 1. The standard InChI is InChI=1S/C19H29NO3/c1-3-5-6-7-11-14-18(21)20-17(19(22)23-4-2)15-16-12-9-8-10-13-16/h8-10,12-13,17H,3-7,11,14-15H2,1-2H3,(H,20,21)/t17-/m0/s1. The average Bonchev–Trinajstić information content (AvgIpc) is 2.55. The summed E-state index contributed by atoms with van der Waals surface area (Å²) in [7, 11) is 0. The Bertz CT molecular complexity index is 459. The van der Waals surface area contributed by atoms with Gasteiger partial charge in [0.05, 0.1) is 6.61 Å². The fourth-order valence-electron chi connectivity index (χ4n) is 2.44. The van der Waals surface area contributed by atoms with Crippen molar-refractivity contribution in [3.8, 4) is 0 Å². The third-order valence-electron chi connectivity index (χ3n) is 3.70. The van der Waals surface area contributed by atoms with Crippen LogP contribution >= 0.6 is 0 Å². The molecule has 128 valence electrons. The van der Waals surface area contributed by atoms with Crippen LogP contribution in [0.2, 0.25) is 0 Å². The molecule has 4 nitrogen and oxygen atoms in total. The van der Waals surface area contributed by atoms with Gasteiger partial charge < -0.3 is 10.1 Å². The maximum Gasteiger partial charge on any atom is 0.328 e. The smallest absolute Gasteiger partial charge is 0.328 e. The van der Waals surface area contributed by atoms with Crippen molar-refractivity contribution in [3.05, 3.63) is 35.9 Å². The fraction of sp³-hybridized carbons (Fsp3) is 0.579. The lowest BCUT2D eigenvalue weighted by molar-refractivity contribution is -0.147. The number of amides is 1. The number of rotatable bonds is 11. The Morgan fingerprint density at radius 1 is 1.04 bits per heavy atom. The predicted octanol–water partition coefficient (Wildman–Crippen LogP) is 3.64. The number of nitrogens with one attached hydrogen (secondary N) is 1. The molecule has 0 aliphatic carbocycles. The highest BCUT2D eigenvalue weighted by atomic mass is 16.5. The molecule has 0 aromatic heterocycles. The lowest BCUT2D eigenvalue weighted by atomic mass is 10.1. The van der Waals surface area contributed by atoms with E-state index in [0.29, 0.717) is 19.4 Å². The van der Waals surface area contributed by atoms with E-state index in [0.717, 1.165) is 24.8 Å². The van der Waals surface area contributed by atoms with Gasteiger partial charge in [0, 0.05) is 12.8 Å². The summed E-state index contributed by atoms with van der Waals surface area (Å²) in [6, 6.07) is 9.06. The Morgan fingerprint density at radius 3 is 2.39 bits per heavy atom. The topological polar surface area (TPSA) is 55.4 Å². The van der Waals surface area contributed by atoms with Crippen LogP contribution in [0.5, 0.6) is 0 Å². The third-order valence-corrected chi connectivity index (χ3v) is 3.70. The van der Waals surface area contributed by atoms with Gasteiger partial charge in [0.25, 0.3) is 0 Å². The van der Waals surface area contributed by atoms with Crippen LogP contribution in [0.1, 0.15) is 57.9 Å². The number of carbonyl (C=O) groups excluding carboxylic acids is 2. The van der Waals surface area contributed by atoms with Gasteiger partial charge >= 0.3 is 5.97 Å². The summed E-state index contributed by atoms with van der Waals surface area (Å²) < 4.78 is 5.08. The van der Waals surface area contributed by atoms with Crippen molar-refractivity contribution in [1.82, 2.24) is 5.32 Å². The van der Waals surface area contributed by atoms with E-state index in [1.54, 1.807) is 6.92 Å². The zero-order valence-corrected chi connectivity index (χ0v) is 14.3. The molecule has 23 heavy (non-hydrogen) atoms. The molecule has 1 aromatic carbocycles. The first kappa shape index (κ1) is 19.2. The zero-order chi connectivity index (χ0) is 16.9. The minimum Gasteiger partial charge on any atom is -0.464 e. The van der Waals surface area contributed by atoms with Gasteiger partial charge in [-0.25, -0.2) is 4.79 Å². The number of ether oxygens (including phenoxy) is 1. The SMILES string of the molecule is CCCCCCCC(=O)N[C@@H](Cc1ccccc1)C(=O)OCC. The van der Waals surface area contributed by atoms with Gasteiger partial charge in [-0.2, -0.15) is 0 Å². The summed E-state index contributed by atoms with van der Waals surface area (Å²) in [5, 5.41) is 2.83. The molecule has 0 aliphatic heterocycles. The summed E-state index contributed by atoms with van der Waals surface area (Å²) in [6.07, 6.45) is 6.41. The molecule has 1 rings (SSSR count). The number of unbranched alkanes of at least 4 members (excludes halogenated alkanes) is 4. The van der Waals surface area contributed by atoms with E-state index in [1.807, 2.05) is 30.3 Å². The van der Waals surface area contributed by atoms with E-state index in [1.165, 1.54) is 12.8 Å². The second-order valence-electron chi connectivity index (χ2n) is 5.73. The van der Waals surface area contributed by atoms with Crippen molar-refractivity contribution in [2.75, 3.05) is 6.61 Å². The summed E-state index contributed by atoms with van der Waals surface area (Å²) in [6.45, 7) is 4.25. The molecular weight excluding hydrogens is 290 g/mol. The van der Waals surface area contributed by atoms with Crippen molar-refractivity contribution in [3.63, 3.8) is 0 Å². The summed E-state index contributed by atoms with van der Waals surface area (Å²) in [5.74, 6) is -0.439. The van der Waals surface area contributed by atoms with Crippen LogP contribution in [0.15, 0.2) is 30.3 Å². The number of carbonyl (C=O) groups is 2. The van der Waals surface area contributed by atoms with E-state index in [9.17, 15) is 9.59 Å². The summed E-state index contributed by atoms with van der Waals surface area (Å²) in [4.78, 5) is 24.1. The predicted molar refractivity (Wildman–Crippen MR) is 92.1 cm³/mol. The molecule has 0 aliphatic rings. The first-order chi connectivity index (χ1) is 11.2. The van der Waals surface area contributed by atoms with Crippen LogP contribution in [-0.2, 0) is 20.7 Å². The average molecular weight is 319 g/mol. The van der Waals surface area contributed by atoms with Gasteiger partial charge in [0.15, 0.2) is 0 Å². The van der Waals surface area contributed by atoms with E-state index < -0.39 is 6.04 Å². The third kappa shape index (κ3) is 8.38. The molecule has 1 amide bonds. The molecule has 0 unspecified atom stereocenters. The Morgan fingerprint density at radius 2 is 1.74 bits per heavy atom. The van der Waals surface area contributed by atoms with E-state index in [4.69, 9.17) is 4.74 Å². The number of benzene rings is 1. The molecule has 0 heterocycles. The van der Waals surface area contributed by atoms with E-state index in [2.05, 4.69) is 12.2 Å². The highest BCUT2D eigenvalue weighted by Gasteiger charge is 2.22. The van der Waals surface area contributed by atoms with Crippen LogP contribution in [0.4, 0.5) is 0 Å². The summed E-state index contributed by atoms with van der Waals surface area (Å²) in [5.41, 5.74) is 1.01. The van der Waals surface area contributed by atoms with Gasteiger partial charge in [-0.1, -0.05) is 62.9 Å². The van der Waals surface area contributed by atoms with Crippen molar-refractivity contribution in [1.29, 1.82) is 0 Å². The lowest BCUT2D eigenvalue weighted by Gasteiger charge is -2.17. The molecule has 1 N–H and O–H groups in total. The van der Waals surface area contributed by atoms with Gasteiger partial charge in [-0.05, 0) is 18.9 Å². The molecule has 0 spiro atoms. The van der Waals surface area contributed by atoms with Crippen molar-refractivity contribution >= 4 is 11.9 Å². The normalized spacial score (nSPS) is 11.7. The van der Waals surface area contributed by atoms with Gasteiger partial charge in [0.1, 0.15) is 6.04 Å². The molecule has 0 radical (unpaired) electrons. The first-order valence-corrected chi connectivity index (χ1v) is 8.67. The molecular formula is C19H29NO3. The highest BCUT2D eigenvalue weighted by molar-refractivity contribution is 5.84. The number of esters is 1. The molecule has 0 bridgehead atoms. The van der Waals surface area contributed by atoms with Gasteiger partial charge in [-0.3, -0.25) is 4.79 Å². The maximum atomic E-state index is 12.1. The minimum atomic E-state index is -0.611. The van der Waals surface area contributed by atoms with E-state index >= 15 is 0 Å². The Labute approximate surface area is 139 Å². The molecule has 1 atom stereocenters. The van der Waals surface area contributed by atoms with Crippen LogP contribution < -0.4 is 5.32 Å². The number of hydrogen-bond acceptors (Lipinski definition) is 3. The largest absolute Gasteiger partial charge is 0.464 e. The fourth-order valence-corrected chi connectivity index (χ4v) is 2.44. The van der Waals surface area contributed by atoms with Crippen molar-refractivity contribution < 1.29 is 14.3 Å². The quantitative estimate of drug-likeness (QED) is 0.500. The molecule has 4 heteroatoms. The van der Waals surface area contributed by atoms with E-state index in [-0.39, 0.29) is 11.9 Å². The van der Waals surface area contributed by atoms with Crippen molar-refractivity contribution in [2.24, 2.45) is 0 Å². The molecule has 0 saturated carbocycles. The van der Waals surface area contributed by atoms with Crippen LogP contribution in [0, 0.1) is 0 Å². The second-order valence-corrected chi connectivity index (χ2v) is 5.73. The van der Waals surface area contributed by atoms with Crippen LogP contribution in [0.3, 0.4) is 0 Å². The van der Waals surface area contributed by atoms with Crippen LogP contribution in [-0.4, -0.2) is 24.5 Å². The zero-order valence-electron chi connectivity index (χ0n) is 14.3. The summed E-state index contributed by atoms with van der Waals surface area (Å²) >= 11 is 0. The minimum absolute atomic E-state index is 0.0736. The Hall–Kier alpha value is -1.84. The van der Waals surface area contributed by atoms with Crippen LogP contribution in [0.25, 0.3) is 0 Å². The molecule has 0 saturated heterocycles. The Balaban J connectivity index is 2.48. The molecule has 1 aromatic rings.